The standard InChI is InChI=1S/C27H21F2N5O/c1-15-13-21-25(34-26(15)29)23(20-5-3-4-11-30-20)24(32-21)18-10-12-31-22(14-18)33-27(35)16(2)17-6-8-19(28)9-7-17/h3-14,16,32H,1-2H3,(H,31,33,35)/t16-/m1/s1. The Balaban J connectivity index is 1.54. The molecule has 0 unspecified atom stereocenters. The summed E-state index contributed by atoms with van der Waals surface area (Å²) < 4.78 is 27.6. The maximum Gasteiger partial charge on any atom is 0.232 e. The van der Waals surface area contributed by atoms with E-state index in [9.17, 15) is 13.6 Å². The highest BCUT2D eigenvalue weighted by atomic mass is 19.1. The van der Waals surface area contributed by atoms with E-state index in [1.165, 1.54) is 12.1 Å². The number of hydrogen-bond donors (Lipinski definition) is 2. The van der Waals surface area contributed by atoms with Crippen molar-refractivity contribution in [2.45, 2.75) is 19.8 Å². The van der Waals surface area contributed by atoms with Crippen molar-refractivity contribution >= 4 is 22.8 Å². The van der Waals surface area contributed by atoms with Crippen LogP contribution in [0.4, 0.5) is 14.6 Å². The van der Waals surface area contributed by atoms with Gasteiger partial charge >= 0.3 is 0 Å². The molecule has 0 spiro atoms. The van der Waals surface area contributed by atoms with E-state index >= 15 is 0 Å². The predicted molar refractivity (Wildman–Crippen MR) is 131 cm³/mol. The SMILES string of the molecule is Cc1cc2[nH]c(-c3ccnc(NC(=O)[C@H](C)c4ccc(F)cc4)c3)c(-c3ccccn3)c2nc1F. The number of nitrogens with one attached hydrogen (secondary N) is 2. The number of aryl methyl sites for hydroxylation is 1. The summed E-state index contributed by atoms with van der Waals surface area (Å²) in [7, 11) is 0. The van der Waals surface area contributed by atoms with E-state index in [0.29, 0.717) is 44.9 Å². The molecule has 6 nitrogen and oxygen atoms in total. The average molecular weight is 469 g/mol. The Hall–Kier alpha value is -4.46. The van der Waals surface area contributed by atoms with Gasteiger partial charge in [-0.1, -0.05) is 18.2 Å². The van der Waals surface area contributed by atoms with E-state index in [1.54, 1.807) is 62.6 Å². The molecule has 0 saturated heterocycles. The zero-order chi connectivity index (χ0) is 24.5. The molecule has 4 heterocycles. The molecule has 1 atom stereocenters. The predicted octanol–water partition coefficient (Wildman–Crippen LogP) is 6.02. The molecule has 4 aromatic heterocycles. The molecule has 0 aliphatic carbocycles. The summed E-state index contributed by atoms with van der Waals surface area (Å²) in [5.41, 5.74) is 4.95. The largest absolute Gasteiger partial charge is 0.353 e. The second-order valence-corrected chi connectivity index (χ2v) is 8.27. The fraction of sp³-hybridized carbons (Fsp3) is 0.111. The number of amides is 1. The summed E-state index contributed by atoms with van der Waals surface area (Å²) in [6.07, 6.45) is 3.25. The number of nitrogens with zero attached hydrogens (tertiary/aromatic N) is 3. The van der Waals surface area contributed by atoms with Crippen LogP contribution in [0, 0.1) is 18.7 Å². The van der Waals surface area contributed by atoms with Gasteiger partial charge in [-0.3, -0.25) is 9.78 Å². The van der Waals surface area contributed by atoms with Crippen molar-refractivity contribution < 1.29 is 13.6 Å². The molecule has 0 aliphatic rings. The van der Waals surface area contributed by atoms with Gasteiger partial charge < -0.3 is 10.3 Å². The van der Waals surface area contributed by atoms with Gasteiger partial charge in [0.15, 0.2) is 0 Å². The first kappa shape index (κ1) is 22.3. The van der Waals surface area contributed by atoms with Gasteiger partial charge in [0, 0.05) is 23.5 Å². The zero-order valence-electron chi connectivity index (χ0n) is 19.0. The second kappa shape index (κ2) is 9.06. The molecule has 1 amide bonds. The van der Waals surface area contributed by atoms with Crippen molar-refractivity contribution in [2.75, 3.05) is 5.32 Å². The van der Waals surface area contributed by atoms with E-state index in [0.717, 1.165) is 5.56 Å². The number of benzene rings is 1. The monoisotopic (exact) mass is 469 g/mol. The smallest absolute Gasteiger partial charge is 0.232 e. The Morgan fingerprint density at radius 2 is 1.80 bits per heavy atom. The number of anilines is 1. The highest BCUT2D eigenvalue weighted by molar-refractivity contribution is 6.01. The van der Waals surface area contributed by atoms with Crippen LogP contribution >= 0.6 is 0 Å². The van der Waals surface area contributed by atoms with Gasteiger partial charge in [-0.15, -0.1) is 0 Å². The Bertz CT molecular complexity index is 1530. The molecular weight excluding hydrogens is 448 g/mol. The summed E-state index contributed by atoms with van der Waals surface area (Å²) in [6.45, 7) is 3.40. The maximum atomic E-state index is 14.4. The quantitative estimate of drug-likeness (QED) is 0.309. The molecule has 0 fully saturated rings. The number of hydrogen-bond acceptors (Lipinski definition) is 4. The zero-order valence-corrected chi connectivity index (χ0v) is 19.0. The number of aromatic nitrogens is 4. The van der Waals surface area contributed by atoms with E-state index < -0.39 is 11.9 Å². The second-order valence-electron chi connectivity index (χ2n) is 8.27. The third-order valence-corrected chi connectivity index (χ3v) is 5.88. The number of rotatable bonds is 5. The van der Waals surface area contributed by atoms with Crippen LogP contribution in [0.5, 0.6) is 0 Å². The van der Waals surface area contributed by atoms with Crippen LogP contribution in [0.2, 0.25) is 0 Å². The van der Waals surface area contributed by atoms with Crippen molar-refractivity contribution in [2.24, 2.45) is 0 Å². The maximum absolute atomic E-state index is 14.4. The number of H-pyrrole nitrogens is 1. The van der Waals surface area contributed by atoms with E-state index in [1.807, 2.05) is 12.1 Å². The minimum atomic E-state index is -0.544. The normalized spacial score (nSPS) is 12.0. The van der Waals surface area contributed by atoms with Crippen molar-refractivity contribution in [1.82, 2.24) is 19.9 Å². The lowest BCUT2D eigenvalue weighted by Crippen LogP contribution is -2.19. The molecule has 0 saturated carbocycles. The van der Waals surface area contributed by atoms with Crippen molar-refractivity contribution in [3.05, 3.63) is 95.9 Å². The molecular formula is C27H21F2N5O. The Morgan fingerprint density at radius 1 is 1.00 bits per heavy atom. The molecule has 35 heavy (non-hydrogen) atoms. The fourth-order valence-corrected chi connectivity index (χ4v) is 3.96. The van der Waals surface area contributed by atoms with Crippen LogP contribution in [0.1, 0.15) is 24.0 Å². The molecule has 5 aromatic rings. The van der Waals surface area contributed by atoms with Gasteiger partial charge in [0.25, 0.3) is 0 Å². The van der Waals surface area contributed by atoms with Crippen molar-refractivity contribution in [3.63, 3.8) is 0 Å². The van der Waals surface area contributed by atoms with Crippen LogP contribution < -0.4 is 5.32 Å². The molecule has 1 aromatic carbocycles. The summed E-state index contributed by atoms with van der Waals surface area (Å²) in [6, 6.07) is 16.5. The number of carbonyl (C=O) groups is 1. The average Bonchev–Trinajstić information content (AvgIpc) is 3.23. The molecule has 174 valence electrons. The highest BCUT2D eigenvalue weighted by Crippen LogP contribution is 2.37. The first-order valence-corrected chi connectivity index (χ1v) is 11.0. The van der Waals surface area contributed by atoms with Gasteiger partial charge in [-0.25, -0.2) is 14.4 Å². The van der Waals surface area contributed by atoms with Gasteiger partial charge in [-0.2, -0.15) is 4.39 Å². The first-order valence-electron chi connectivity index (χ1n) is 11.0. The van der Waals surface area contributed by atoms with Crippen LogP contribution in [0.15, 0.2) is 73.1 Å². The lowest BCUT2D eigenvalue weighted by Gasteiger charge is -2.13. The summed E-state index contributed by atoms with van der Waals surface area (Å²) in [5, 5.41) is 2.83. The fourth-order valence-electron chi connectivity index (χ4n) is 3.96. The molecule has 0 radical (unpaired) electrons. The highest BCUT2D eigenvalue weighted by Gasteiger charge is 2.20. The summed E-state index contributed by atoms with van der Waals surface area (Å²) >= 11 is 0. The van der Waals surface area contributed by atoms with Crippen LogP contribution in [0.3, 0.4) is 0 Å². The number of carbonyl (C=O) groups excluding carboxylic acids is 1. The van der Waals surface area contributed by atoms with Crippen LogP contribution in [-0.4, -0.2) is 25.8 Å². The summed E-state index contributed by atoms with van der Waals surface area (Å²) in [5.74, 6) is -1.34. The van der Waals surface area contributed by atoms with Crippen LogP contribution in [-0.2, 0) is 4.79 Å². The van der Waals surface area contributed by atoms with Gasteiger partial charge in [-0.05, 0) is 61.9 Å². The first-order chi connectivity index (χ1) is 16.9. The van der Waals surface area contributed by atoms with Gasteiger partial charge in [0.1, 0.15) is 17.2 Å². The van der Waals surface area contributed by atoms with E-state index in [4.69, 9.17) is 0 Å². The Morgan fingerprint density at radius 3 is 2.54 bits per heavy atom. The number of aromatic amines is 1. The minimum absolute atomic E-state index is 0.276. The van der Waals surface area contributed by atoms with Crippen molar-refractivity contribution in [3.8, 4) is 22.5 Å². The van der Waals surface area contributed by atoms with Gasteiger partial charge in [0.05, 0.1) is 28.4 Å². The number of halogens is 2. The van der Waals surface area contributed by atoms with Crippen LogP contribution in [0.25, 0.3) is 33.5 Å². The number of fused-ring (bicyclic) bond motifs is 1. The molecule has 5 rings (SSSR count). The summed E-state index contributed by atoms with van der Waals surface area (Å²) in [4.78, 5) is 29.1. The molecule has 0 aliphatic heterocycles. The number of pyridine rings is 3. The van der Waals surface area contributed by atoms with Gasteiger partial charge in [0.2, 0.25) is 11.9 Å². The lowest BCUT2D eigenvalue weighted by molar-refractivity contribution is -0.117. The van der Waals surface area contributed by atoms with Crippen molar-refractivity contribution in [1.29, 1.82) is 0 Å². The topological polar surface area (TPSA) is 83.6 Å². The van der Waals surface area contributed by atoms with E-state index in [2.05, 4.69) is 25.3 Å². The third kappa shape index (κ3) is 4.38. The Labute approximate surface area is 200 Å². The molecule has 8 heteroatoms. The third-order valence-electron chi connectivity index (χ3n) is 5.88. The molecule has 0 bridgehead atoms. The lowest BCUT2D eigenvalue weighted by atomic mass is 10.0. The molecule has 2 N–H and O–H groups in total. The minimum Gasteiger partial charge on any atom is -0.353 e. The Kier molecular flexibility index (Phi) is 5.78. The van der Waals surface area contributed by atoms with E-state index in [-0.39, 0.29) is 11.7 Å².